The van der Waals surface area contributed by atoms with Crippen LogP contribution in [0.25, 0.3) is 16.8 Å². The first kappa shape index (κ1) is 32.4. The van der Waals surface area contributed by atoms with Crippen molar-refractivity contribution in [3.8, 4) is 11.3 Å². The molecule has 7 N–H and O–H groups in total. The van der Waals surface area contributed by atoms with Gasteiger partial charge in [-0.3, -0.25) is 18.8 Å². The van der Waals surface area contributed by atoms with Crippen molar-refractivity contribution in [3.63, 3.8) is 0 Å². The third kappa shape index (κ3) is 6.67. The molecule has 5 heterocycles. The van der Waals surface area contributed by atoms with Crippen LogP contribution >= 0.6 is 11.8 Å². The topological polar surface area (TPSA) is 182 Å². The summed E-state index contributed by atoms with van der Waals surface area (Å²) in [7, 11) is 1.90. The average molecular weight is 630 g/mol. The van der Waals surface area contributed by atoms with Gasteiger partial charge in [0.2, 0.25) is 0 Å². The van der Waals surface area contributed by atoms with E-state index in [1.54, 1.807) is 35.1 Å². The predicted octanol–water partition coefficient (Wildman–Crippen LogP) is 3.02. The molecule has 16 heteroatoms. The maximum atomic E-state index is 13.0. The number of carbonyl (C=O) groups is 1. The zero-order valence-corrected chi connectivity index (χ0v) is 24.2. The molecule has 1 aliphatic heterocycles. The molecule has 0 saturated carbocycles. The van der Waals surface area contributed by atoms with E-state index in [-0.39, 0.29) is 27.6 Å². The number of imidazole rings is 1. The Labute approximate surface area is 253 Å². The number of nitrogens with one attached hydrogen (secondary N) is 1. The summed E-state index contributed by atoms with van der Waals surface area (Å²) in [5.74, 6) is 1.35. The fraction of sp³-hybridized carbons (Fsp3) is 0.250. The number of halogens is 3. The van der Waals surface area contributed by atoms with Crippen molar-refractivity contribution in [2.75, 3.05) is 29.9 Å². The molecule has 12 nitrogen and oxygen atoms in total. The molecule has 0 radical (unpaired) electrons. The first-order chi connectivity index (χ1) is 20.2. The van der Waals surface area contributed by atoms with Gasteiger partial charge in [0.15, 0.2) is 0 Å². The van der Waals surface area contributed by atoms with Gasteiger partial charge < -0.3 is 22.0 Å². The number of thioether (sulfide) groups is 1. The number of anilines is 2. The number of nitrogens with two attached hydrogens (primary N) is 1. The zero-order chi connectivity index (χ0) is 29.4. The van der Waals surface area contributed by atoms with Crippen LogP contribution in [0.15, 0.2) is 67.4 Å². The molecule has 1 amide bonds. The number of amides is 1. The molecule has 1 aromatic carbocycles. The number of carbonyl (C=O) groups excluding carboxylic acids is 1. The molecular weight excluding hydrogens is 599 g/mol. The van der Waals surface area contributed by atoms with Crippen LogP contribution in [-0.4, -0.2) is 69.7 Å². The largest absolute Gasteiger partial charge is 0.416 e. The summed E-state index contributed by atoms with van der Waals surface area (Å²) in [4.78, 5) is 28.3. The van der Waals surface area contributed by atoms with Gasteiger partial charge in [-0.25, -0.2) is 15.0 Å². The number of pyridine rings is 1. The lowest BCUT2D eigenvalue weighted by molar-refractivity contribution is -0.137. The van der Waals surface area contributed by atoms with Gasteiger partial charge in [-0.05, 0) is 24.3 Å². The second-order valence-electron chi connectivity index (χ2n) is 9.93. The van der Waals surface area contributed by atoms with Crippen LogP contribution in [0.4, 0.5) is 24.8 Å². The minimum Gasteiger partial charge on any atom is -0.412 e. The number of nitrogen functional groups attached to an aromatic ring is 1. The number of hydrogen-bond acceptors (Lipinski definition) is 8. The third-order valence-corrected chi connectivity index (χ3v) is 8.14. The number of aryl methyl sites for hydroxylation is 1. The summed E-state index contributed by atoms with van der Waals surface area (Å²) >= 11 is 1.84. The lowest BCUT2D eigenvalue weighted by Crippen LogP contribution is -2.34. The van der Waals surface area contributed by atoms with Crippen LogP contribution in [-0.2, 0) is 19.8 Å². The number of nitrogens with zero attached hydrogens (tertiary/aromatic N) is 7. The first-order valence-corrected chi connectivity index (χ1v) is 14.1. The summed E-state index contributed by atoms with van der Waals surface area (Å²) in [6.07, 6.45) is 3.86. The van der Waals surface area contributed by atoms with Gasteiger partial charge in [-0.1, -0.05) is 12.1 Å². The summed E-state index contributed by atoms with van der Waals surface area (Å²) in [6, 6.07) is 8.27. The molecule has 1 aliphatic rings. The van der Waals surface area contributed by atoms with Gasteiger partial charge >= 0.3 is 6.18 Å². The van der Waals surface area contributed by atoms with Crippen molar-refractivity contribution in [1.82, 2.24) is 34.0 Å². The van der Waals surface area contributed by atoms with Crippen LogP contribution in [0, 0.1) is 0 Å². The lowest BCUT2D eigenvalue weighted by Gasteiger charge is -2.31. The van der Waals surface area contributed by atoms with E-state index in [0.717, 1.165) is 60.7 Å². The minimum atomic E-state index is -4.54. The van der Waals surface area contributed by atoms with E-state index in [9.17, 15) is 18.0 Å². The van der Waals surface area contributed by atoms with E-state index in [2.05, 4.69) is 25.3 Å². The monoisotopic (exact) mass is 629 g/mol. The molecule has 0 spiro atoms. The van der Waals surface area contributed by atoms with Gasteiger partial charge in [0.1, 0.15) is 28.7 Å². The maximum Gasteiger partial charge on any atom is 0.416 e. The summed E-state index contributed by atoms with van der Waals surface area (Å²) in [6.45, 7) is 2.54. The highest BCUT2D eigenvalue weighted by molar-refractivity contribution is 7.99. The highest BCUT2D eigenvalue weighted by atomic mass is 32.2. The first-order valence-electron chi connectivity index (χ1n) is 13.0. The smallest absolute Gasteiger partial charge is 0.412 e. The van der Waals surface area contributed by atoms with Gasteiger partial charge in [-0.15, -0.1) is 11.8 Å². The standard InChI is InChI=1S/C28H26F3N9OS.2H2O/c1-38-14-17(13-35-38)15-39-10-11-42-21(16-39)26-37-23(24-25(32)34-8-9-40(24)26)18-2-4-19(5-3-18)27(41)36-22-12-20(6-7-33-22)28(29,30)31;;/h2-9,12-14,21H,10-11,15-16H2,1H3,(H2,32,34)(H,33,36,41);2*1H2. The van der Waals surface area contributed by atoms with Gasteiger partial charge in [0.05, 0.1) is 17.0 Å². The van der Waals surface area contributed by atoms with Crippen molar-refractivity contribution < 1.29 is 28.9 Å². The molecule has 0 bridgehead atoms. The molecule has 1 unspecified atom stereocenters. The highest BCUT2D eigenvalue weighted by Gasteiger charge is 2.31. The molecule has 0 aliphatic carbocycles. The van der Waals surface area contributed by atoms with Gasteiger partial charge in [0.25, 0.3) is 5.91 Å². The molecule has 232 valence electrons. The maximum absolute atomic E-state index is 13.0. The second kappa shape index (κ2) is 13.0. The Balaban J connectivity index is 0.00000221. The fourth-order valence-corrected chi connectivity index (χ4v) is 6.25. The van der Waals surface area contributed by atoms with Crippen LogP contribution in [0.1, 0.15) is 32.6 Å². The Morgan fingerprint density at radius 3 is 2.61 bits per heavy atom. The number of benzene rings is 1. The zero-order valence-electron chi connectivity index (χ0n) is 23.4. The predicted molar refractivity (Wildman–Crippen MR) is 161 cm³/mol. The molecule has 1 atom stereocenters. The lowest BCUT2D eigenvalue weighted by atomic mass is 10.1. The Bertz CT molecular complexity index is 1760. The fourth-order valence-electron chi connectivity index (χ4n) is 4.97. The van der Waals surface area contributed by atoms with Crippen LogP contribution < -0.4 is 11.1 Å². The van der Waals surface area contributed by atoms with Crippen molar-refractivity contribution in [2.24, 2.45) is 7.05 Å². The molecule has 6 rings (SSSR count). The average Bonchev–Trinajstić information content (AvgIpc) is 3.57. The number of rotatable bonds is 6. The Morgan fingerprint density at radius 1 is 1.14 bits per heavy atom. The van der Waals surface area contributed by atoms with E-state index in [4.69, 9.17) is 10.7 Å². The molecular formula is C28H30F3N9O3S. The quantitative estimate of drug-likeness (QED) is 0.287. The Morgan fingerprint density at radius 2 is 1.91 bits per heavy atom. The van der Waals surface area contributed by atoms with Crippen LogP contribution in [0.5, 0.6) is 0 Å². The highest BCUT2D eigenvalue weighted by Crippen LogP contribution is 2.37. The van der Waals surface area contributed by atoms with Gasteiger partial charge in [-0.2, -0.15) is 18.3 Å². The number of hydrogen-bond donors (Lipinski definition) is 2. The summed E-state index contributed by atoms with van der Waals surface area (Å²) in [5.41, 5.74) is 8.86. The van der Waals surface area contributed by atoms with Crippen molar-refractivity contribution in [1.29, 1.82) is 0 Å². The number of fused-ring (bicyclic) bond motifs is 1. The van der Waals surface area contributed by atoms with E-state index in [1.807, 2.05) is 41.8 Å². The van der Waals surface area contributed by atoms with Gasteiger partial charge in [0, 0.05) is 73.9 Å². The van der Waals surface area contributed by atoms with Crippen molar-refractivity contribution >= 4 is 34.8 Å². The SMILES string of the molecule is Cn1cc(CN2CCSC(c3nc(-c4ccc(C(=O)Nc5cc(C(F)(F)F)ccn5)cc4)c4c(N)nccn34)C2)cn1.O.O. The Kier molecular flexibility index (Phi) is 9.58. The molecule has 1 saturated heterocycles. The normalized spacial score (nSPS) is 15.4. The van der Waals surface area contributed by atoms with E-state index < -0.39 is 17.6 Å². The van der Waals surface area contributed by atoms with Crippen molar-refractivity contribution in [3.05, 3.63) is 89.9 Å². The van der Waals surface area contributed by atoms with E-state index in [0.29, 0.717) is 17.0 Å². The minimum absolute atomic E-state index is 0. The molecule has 4 aromatic heterocycles. The number of aromatic nitrogens is 6. The summed E-state index contributed by atoms with van der Waals surface area (Å²) in [5, 5.41) is 6.79. The third-order valence-electron chi connectivity index (χ3n) is 6.96. The molecule has 44 heavy (non-hydrogen) atoms. The summed E-state index contributed by atoms with van der Waals surface area (Å²) < 4.78 is 42.9. The van der Waals surface area contributed by atoms with Crippen molar-refractivity contribution in [2.45, 2.75) is 18.0 Å². The van der Waals surface area contributed by atoms with Crippen LogP contribution in [0.2, 0.25) is 0 Å². The molecule has 1 fully saturated rings. The molecule has 5 aromatic rings. The van der Waals surface area contributed by atoms with Crippen LogP contribution in [0.3, 0.4) is 0 Å². The number of alkyl halides is 3. The van der Waals surface area contributed by atoms with E-state index in [1.165, 1.54) is 0 Å². The Hall–Kier alpha value is -4.51. The van der Waals surface area contributed by atoms with E-state index >= 15 is 0 Å². The second-order valence-corrected chi connectivity index (χ2v) is 11.2.